The van der Waals surface area contributed by atoms with Crippen LogP contribution in [-0.4, -0.2) is 18.0 Å². The molecule has 1 aromatic heterocycles. The van der Waals surface area contributed by atoms with Gasteiger partial charge in [-0.2, -0.15) is 0 Å². The number of rotatable bonds is 3. The van der Waals surface area contributed by atoms with Gasteiger partial charge >= 0.3 is 5.97 Å². The number of aryl methyl sites for hydroxylation is 1. The maximum atomic E-state index is 12.6. The van der Waals surface area contributed by atoms with E-state index in [1.165, 1.54) is 21.6 Å². The third kappa shape index (κ3) is 2.49. The number of thiophene rings is 1. The first-order valence-corrected chi connectivity index (χ1v) is 13.2. The van der Waals surface area contributed by atoms with Crippen LogP contribution in [0.2, 0.25) is 0 Å². The molecule has 7 heteroatoms. The highest BCUT2D eigenvalue weighted by atomic mass is 80.0. The van der Waals surface area contributed by atoms with E-state index >= 15 is 0 Å². The minimum atomic E-state index is -0.917. The summed E-state index contributed by atoms with van der Waals surface area (Å²) < 4.78 is -0.636. The molecule has 1 fully saturated rings. The normalized spacial score (nSPS) is 29.0. The Morgan fingerprint density at radius 2 is 1.86 bits per heavy atom. The third-order valence-corrected chi connectivity index (χ3v) is 12.9. The molecule has 3 atom stereocenters. The van der Waals surface area contributed by atoms with Crippen LogP contribution < -0.4 is 0 Å². The van der Waals surface area contributed by atoms with Crippen LogP contribution in [0.5, 0.6) is 0 Å². The van der Waals surface area contributed by atoms with Gasteiger partial charge in [-0.15, -0.1) is 11.3 Å². The first-order valence-electron chi connectivity index (χ1n) is 9.05. The van der Waals surface area contributed by atoms with Gasteiger partial charge in [0.05, 0.1) is 10.2 Å². The van der Waals surface area contributed by atoms with Crippen molar-refractivity contribution in [2.75, 3.05) is 0 Å². The summed E-state index contributed by atoms with van der Waals surface area (Å²) in [5.41, 5.74) is 3.10. The fourth-order valence-electron chi connectivity index (χ4n) is 5.59. The summed E-state index contributed by atoms with van der Waals surface area (Å²) in [4.78, 5) is 13.7. The zero-order chi connectivity index (χ0) is 20.7. The molecule has 0 radical (unpaired) electrons. The highest BCUT2D eigenvalue weighted by molar-refractivity contribution is 9.40. The molecule has 0 aliphatic heterocycles. The largest absolute Gasteiger partial charge is 0.481 e. The number of carboxylic acid groups (broad SMARTS) is 1. The second kappa shape index (κ2) is 6.65. The van der Waals surface area contributed by atoms with Crippen LogP contribution in [0.3, 0.4) is 0 Å². The zero-order valence-electron chi connectivity index (χ0n) is 15.7. The van der Waals surface area contributed by atoms with Crippen molar-refractivity contribution in [2.24, 2.45) is 10.8 Å². The first-order chi connectivity index (χ1) is 12.9. The van der Waals surface area contributed by atoms with Crippen molar-refractivity contribution < 1.29 is 9.90 Å². The molecule has 0 spiro atoms. The van der Waals surface area contributed by atoms with Gasteiger partial charge in [0.25, 0.3) is 0 Å². The molecule has 0 bridgehead atoms. The maximum absolute atomic E-state index is 12.6. The quantitative estimate of drug-likeness (QED) is 0.348. The van der Waals surface area contributed by atoms with Crippen molar-refractivity contribution in [3.05, 3.63) is 46.3 Å². The average Bonchev–Trinajstić information content (AvgIpc) is 2.94. The van der Waals surface area contributed by atoms with Crippen LogP contribution >= 0.6 is 75.1 Å². The lowest BCUT2D eigenvalue weighted by Gasteiger charge is -2.36. The summed E-state index contributed by atoms with van der Waals surface area (Å²) in [5.74, 6) is -0.760. The van der Waals surface area contributed by atoms with Crippen molar-refractivity contribution >= 4 is 81.0 Å². The number of carboxylic acids is 1. The summed E-state index contributed by atoms with van der Waals surface area (Å²) in [5, 5.41) is 12.5. The number of carbonyl (C=O) groups is 1. The van der Waals surface area contributed by atoms with Crippen molar-refractivity contribution in [3.63, 3.8) is 0 Å². The van der Waals surface area contributed by atoms with E-state index < -0.39 is 24.4 Å². The molecule has 1 heterocycles. The Morgan fingerprint density at radius 1 is 1.18 bits per heavy atom. The third-order valence-electron chi connectivity index (χ3n) is 7.29. The molecule has 1 N–H and O–H groups in total. The van der Waals surface area contributed by atoms with E-state index in [1.54, 1.807) is 11.3 Å². The fraction of sp³-hybridized carbons (Fsp3) is 0.476. The predicted octanol–water partition coefficient (Wildman–Crippen LogP) is 7.48. The highest BCUT2D eigenvalue weighted by Gasteiger charge is 2.87. The van der Waals surface area contributed by atoms with Crippen molar-refractivity contribution in [1.29, 1.82) is 0 Å². The molecule has 150 valence electrons. The van der Waals surface area contributed by atoms with Crippen LogP contribution in [0.1, 0.15) is 37.5 Å². The van der Waals surface area contributed by atoms with E-state index in [1.807, 2.05) is 6.92 Å². The van der Waals surface area contributed by atoms with E-state index in [2.05, 4.69) is 107 Å². The van der Waals surface area contributed by atoms with Gasteiger partial charge in [-0.25, -0.2) is 0 Å². The second-order valence-corrected chi connectivity index (χ2v) is 17.2. The van der Waals surface area contributed by atoms with Gasteiger partial charge in [-0.1, -0.05) is 95.8 Å². The molecule has 2 aromatic rings. The number of hydrogen-bond acceptors (Lipinski definition) is 2. The topological polar surface area (TPSA) is 37.3 Å². The van der Waals surface area contributed by atoms with Gasteiger partial charge in [0, 0.05) is 10.3 Å². The number of alkyl halides is 4. The molecule has 1 saturated carbocycles. The first kappa shape index (κ1) is 21.5. The molecule has 2 aliphatic carbocycles. The number of fused-ring (bicyclic) bond motifs is 3. The Bertz CT molecular complexity index is 977. The van der Waals surface area contributed by atoms with Crippen LogP contribution in [0.25, 0.3) is 10.4 Å². The standard InChI is InChI=1S/C21H20Br4O2S/c1-18(2)19(3,17(26)27)20(18,16(22)21(23,24)25)14-6-4-5-13-12(14)8-7-11-9-10-28-15(11)13/h4-6,9-10,16H,7-8H2,1-3H3,(H,26,27)/t16?,19-,20?/m1/s1. The molecule has 0 amide bonds. The fourth-order valence-corrected chi connectivity index (χ4v) is 8.91. The summed E-state index contributed by atoms with van der Waals surface area (Å²) in [6.07, 6.45) is 1.93. The van der Waals surface area contributed by atoms with Crippen molar-refractivity contribution in [2.45, 2.75) is 46.0 Å². The van der Waals surface area contributed by atoms with Gasteiger partial charge in [0.2, 0.25) is 0 Å². The van der Waals surface area contributed by atoms with Crippen molar-refractivity contribution in [3.8, 4) is 10.4 Å². The molecule has 28 heavy (non-hydrogen) atoms. The Kier molecular flexibility index (Phi) is 5.12. The number of halogens is 4. The smallest absolute Gasteiger partial charge is 0.310 e. The van der Waals surface area contributed by atoms with Crippen LogP contribution in [-0.2, 0) is 23.1 Å². The lowest BCUT2D eigenvalue weighted by Crippen LogP contribution is -2.40. The molecule has 1 aromatic carbocycles. The van der Waals surface area contributed by atoms with Crippen LogP contribution in [0, 0.1) is 10.8 Å². The van der Waals surface area contributed by atoms with Gasteiger partial charge < -0.3 is 5.11 Å². The SMILES string of the molecule is CC1(C)C(c2cccc3c2CCc2ccsc2-3)(C(Br)C(Br)(Br)Br)[C@]1(C)C(=O)O. The highest BCUT2D eigenvalue weighted by Crippen LogP contribution is 2.83. The monoisotopic (exact) mass is 652 g/mol. The molecular formula is C21H20Br4O2S. The molecule has 2 unspecified atom stereocenters. The lowest BCUT2D eigenvalue weighted by molar-refractivity contribution is -0.144. The van der Waals surface area contributed by atoms with Crippen molar-refractivity contribution in [1.82, 2.24) is 0 Å². The zero-order valence-corrected chi connectivity index (χ0v) is 22.8. The van der Waals surface area contributed by atoms with E-state index in [9.17, 15) is 9.90 Å². The Labute approximate surface area is 203 Å². The van der Waals surface area contributed by atoms with Gasteiger partial charge in [0.15, 0.2) is 0 Å². The number of hydrogen-bond donors (Lipinski definition) is 1. The second-order valence-electron chi connectivity index (χ2n) is 8.37. The Balaban J connectivity index is 2.03. The van der Waals surface area contributed by atoms with E-state index in [0.717, 1.165) is 18.4 Å². The van der Waals surface area contributed by atoms with Gasteiger partial charge in [0.1, 0.15) is 2.14 Å². The molecule has 4 rings (SSSR count). The Morgan fingerprint density at radius 3 is 2.43 bits per heavy atom. The average molecular weight is 656 g/mol. The van der Waals surface area contributed by atoms with Gasteiger partial charge in [-0.05, 0) is 58.9 Å². The number of aliphatic carboxylic acids is 1. The summed E-state index contributed by atoms with van der Waals surface area (Å²) in [7, 11) is 0. The minimum Gasteiger partial charge on any atom is -0.481 e. The molecule has 2 nitrogen and oxygen atoms in total. The molecular weight excluding hydrogens is 636 g/mol. The van der Waals surface area contributed by atoms with Crippen LogP contribution in [0.15, 0.2) is 29.6 Å². The summed E-state index contributed by atoms with van der Waals surface area (Å²) in [6.45, 7) is 6.04. The maximum Gasteiger partial charge on any atom is 0.310 e. The lowest BCUT2D eigenvalue weighted by atomic mass is 9.76. The van der Waals surface area contributed by atoms with Crippen LogP contribution in [0.4, 0.5) is 0 Å². The molecule has 2 aliphatic rings. The van der Waals surface area contributed by atoms with E-state index in [4.69, 9.17) is 0 Å². The molecule has 0 saturated heterocycles. The summed E-state index contributed by atoms with van der Waals surface area (Å²) in [6, 6.07) is 8.61. The minimum absolute atomic E-state index is 0.208. The predicted molar refractivity (Wildman–Crippen MR) is 131 cm³/mol. The summed E-state index contributed by atoms with van der Waals surface area (Å²) >= 11 is 16.7. The Hall–Kier alpha value is 0.310. The number of benzene rings is 1. The van der Waals surface area contributed by atoms with E-state index in [0.29, 0.717) is 0 Å². The van der Waals surface area contributed by atoms with Gasteiger partial charge in [-0.3, -0.25) is 4.79 Å². The van der Waals surface area contributed by atoms with E-state index in [-0.39, 0.29) is 4.83 Å².